The zero-order valence-electron chi connectivity index (χ0n) is 13.7. The highest BCUT2D eigenvalue weighted by Gasteiger charge is 2.26. The van der Waals surface area contributed by atoms with Gasteiger partial charge in [-0.2, -0.15) is 0 Å². The molecule has 118 valence electrons. The van der Waals surface area contributed by atoms with Crippen LogP contribution in [0.3, 0.4) is 0 Å². The summed E-state index contributed by atoms with van der Waals surface area (Å²) in [5, 5.41) is 3.63. The lowest BCUT2D eigenvalue weighted by atomic mass is 9.95. The average molecular weight is 293 g/mol. The van der Waals surface area contributed by atoms with Gasteiger partial charge in [0.1, 0.15) is 5.69 Å². The van der Waals surface area contributed by atoms with E-state index in [4.69, 9.17) is 9.47 Å². The summed E-state index contributed by atoms with van der Waals surface area (Å²) in [4.78, 5) is 6.39. The summed E-state index contributed by atoms with van der Waals surface area (Å²) >= 11 is 0. The van der Waals surface area contributed by atoms with Gasteiger partial charge in [-0.3, -0.25) is 0 Å². The summed E-state index contributed by atoms with van der Waals surface area (Å²) in [6.45, 7) is 5.23. The molecule has 2 atom stereocenters. The van der Waals surface area contributed by atoms with E-state index >= 15 is 0 Å². The van der Waals surface area contributed by atoms with Crippen LogP contribution in [0.4, 0.5) is 11.4 Å². The van der Waals surface area contributed by atoms with E-state index in [9.17, 15) is 0 Å². The van der Waals surface area contributed by atoms with E-state index in [-0.39, 0.29) is 0 Å². The van der Waals surface area contributed by atoms with Gasteiger partial charge in [-0.15, -0.1) is 0 Å². The number of methoxy groups -OCH3 is 1. The predicted molar refractivity (Wildman–Crippen MR) is 86.3 cm³/mol. The van der Waals surface area contributed by atoms with Gasteiger partial charge in [-0.25, -0.2) is 4.98 Å². The average Bonchev–Trinajstić information content (AvgIpc) is 2.47. The molecule has 1 aliphatic heterocycles. The lowest BCUT2D eigenvalue weighted by Gasteiger charge is -2.34. The lowest BCUT2D eigenvalue weighted by Crippen LogP contribution is -2.37. The first-order chi connectivity index (χ1) is 10.0. The maximum Gasteiger partial charge on any atom is 0.239 e. The number of nitrogens with zero attached hydrogens (tertiary/aromatic N) is 2. The Bertz CT molecular complexity index is 463. The van der Waals surface area contributed by atoms with Crippen molar-refractivity contribution in [1.29, 1.82) is 0 Å². The molecule has 1 fully saturated rings. The highest BCUT2D eigenvalue weighted by atomic mass is 16.5. The van der Waals surface area contributed by atoms with Crippen LogP contribution in [0.15, 0.2) is 12.3 Å². The van der Waals surface area contributed by atoms with E-state index in [2.05, 4.69) is 29.0 Å². The van der Waals surface area contributed by atoms with Gasteiger partial charge in [-0.05, 0) is 24.8 Å². The number of hydrogen-bond donors (Lipinski definition) is 1. The number of aromatic nitrogens is 1. The van der Waals surface area contributed by atoms with Crippen LogP contribution in [0.2, 0.25) is 0 Å². The molecule has 2 rings (SSSR count). The van der Waals surface area contributed by atoms with E-state index in [1.807, 2.05) is 20.2 Å². The largest absolute Gasteiger partial charge is 0.479 e. The smallest absolute Gasteiger partial charge is 0.239 e. The fourth-order valence-corrected chi connectivity index (χ4v) is 2.72. The summed E-state index contributed by atoms with van der Waals surface area (Å²) in [5.74, 6) is 1.19. The van der Waals surface area contributed by atoms with Crippen molar-refractivity contribution in [2.24, 2.45) is 5.92 Å². The standard InChI is InChI=1S/C16H27N3O2/c1-11(2)14-10-12(7-9-21-14)18-15-13(19(3)4)6-8-17-16(15)20-5/h6,8,11-12,14,18H,7,9-10H2,1-5H3. The van der Waals surface area contributed by atoms with Crippen LogP contribution in [0.1, 0.15) is 26.7 Å². The van der Waals surface area contributed by atoms with Crippen molar-refractivity contribution in [2.75, 3.05) is 38.0 Å². The maximum atomic E-state index is 5.84. The second-order valence-corrected chi connectivity index (χ2v) is 6.13. The molecular weight excluding hydrogens is 266 g/mol. The molecule has 2 heterocycles. The van der Waals surface area contributed by atoms with Gasteiger partial charge in [0.15, 0.2) is 0 Å². The zero-order valence-corrected chi connectivity index (χ0v) is 13.7. The van der Waals surface area contributed by atoms with Crippen LogP contribution >= 0.6 is 0 Å². The first-order valence-corrected chi connectivity index (χ1v) is 7.61. The monoisotopic (exact) mass is 293 g/mol. The van der Waals surface area contributed by atoms with Gasteiger partial charge in [-0.1, -0.05) is 13.8 Å². The number of nitrogens with one attached hydrogen (secondary N) is 1. The van der Waals surface area contributed by atoms with Gasteiger partial charge < -0.3 is 19.7 Å². The molecule has 1 N–H and O–H groups in total. The van der Waals surface area contributed by atoms with E-state index in [0.717, 1.165) is 30.8 Å². The van der Waals surface area contributed by atoms with Crippen molar-refractivity contribution in [2.45, 2.75) is 38.8 Å². The van der Waals surface area contributed by atoms with Crippen molar-refractivity contribution < 1.29 is 9.47 Å². The van der Waals surface area contributed by atoms with Crippen LogP contribution in [-0.2, 0) is 4.74 Å². The van der Waals surface area contributed by atoms with Crippen molar-refractivity contribution in [3.8, 4) is 5.88 Å². The summed E-state index contributed by atoms with van der Waals surface area (Å²) in [6.07, 6.45) is 4.12. The Labute approximate surface area is 127 Å². The van der Waals surface area contributed by atoms with Gasteiger partial charge in [0.05, 0.1) is 18.9 Å². The maximum absolute atomic E-state index is 5.84. The van der Waals surface area contributed by atoms with Gasteiger partial charge in [0.25, 0.3) is 0 Å². The summed E-state index contributed by atoms with van der Waals surface area (Å²) in [5.41, 5.74) is 2.06. The van der Waals surface area contributed by atoms with Gasteiger partial charge in [0, 0.05) is 32.9 Å². The zero-order chi connectivity index (χ0) is 15.4. The molecule has 0 saturated carbocycles. The van der Waals surface area contributed by atoms with Crippen LogP contribution in [0, 0.1) is 5.92 Å². The Morgan fingerprint density at radius 2 is 2.19 bits per heavy atom. The topological polar surface area (TPSA) is 46.6 Å². The SMILES string of the molecule is COc1nccc(N(C)C)c1NC1CCOC(C(C)C)C1. The van der Waals surface area contributed by atoms with Gasteiger partial charge in [0.2, 0.25) is 5.88 Å². The molecule has 5 heteroatoms. The minimum Gasteiger partial charge on any atom is -0.479 e. The highest BCUT2D eigenvalue weighted by Crippen LogP contribution is 2.34. The highest BCUT2D eigenvalue weighted by molar-refractivity contribution is 5.74. The molecule has 0 radical (unpaired) electrons. The molecule has 0 aromatic carbocycles. The third kappa shape index (κ3) is 3.79. The first kappa shape index (κ1) is 15.9. The molecule has 0 spiro atoms. The van der Waals surface area contributed by atoms with Crippen LogP contribution < -0.4 is 15.0 Å². The molecule has 1 aromatic heterocycles. The van der Waals surface area contributed by atoms with Crippen molar-refractivity contribution in [3.63, 3.8) is 0 Å². The molecule has 2 unspecified atom stereocenters. The second kappa shape index (κ2) is 6.98. The fraction of sp³-hybridized carbons (Fsp3) is 0.688. The Morgan fingerprint density at radius 1 is 1.43 bits per heavy atom. The number of pyridine rings is 1. The van der Waals surface area contributed by atoms with Crippen LogP contribution in [0.5, 0.6) is 5.88 Å². The van der Waals surface area contributed by atoms with Crippen LogP contribution in [0.25, 0.3) is 0 Å². The number of hydrogen-bond acceptors (Lipinski definition) is 5. The van der Waals surface area contributed by atoms with Crippen molar-refractivity contribution in [3.05, 3.63) is 12.3 Å². The van der Waals surface area contributed by atoms with E-state index < -0.39 is 0 Å². The van der Waals surface area contributed by atoms with Crippen LogP contribution in [-0.4, -0.2) is 44.9 Å². The van der Waals surface area contributed by atoms with E-state index in [1.54, 1.807) is 13.3 Å². The molecule has 21 heavy (non-hydrogen) atoms. The number of ether oxygens (including phenoxy) is 2. The summed E-state index contributed by atoms with van der Waals surface area (Å²) in [6, 6.07) is 2.40. The Morgan fingerprint density at radius 3 is 2.81 bits per heavy atom. The molecule has 1 aliphatic rings. The molecule has 1 aromatic rings. The summed E-state index contributed by atoms with van der Waals surface area (Å²) < 4.78 is 11.3. The molecule has 1 saturated heterocycles. The minimum atomic E-state index is 0.321. The second-order valence-electron chi connectivity index (χ2n) is 6.13. The predicted octanol–water partition coefficient (Wildman–Crippen LogP) is 2.77. The van der Waals surface area contributed by atoms with Crippen molar-refractivity contribution in [1.82, 2.24) is 4.98 Å². The van der Waals surface area contributed by atoms with E-state index in [1.165, 1.54) is 0 Å². The fourth-order valence-electron chi connectivity index (χ4n) is 2.72. The first-order valence-electron chi connectivity index (χ1n) is 7.61. The Hall–Kier alpha value is -1.49. The summed E-state index contributed by atoms with van der Waals surface area (Å²) in [7, 11) is 5.72. The Kier molecular flexibility index (Phi) is 5.28. The number of anilines is 2. The normalized spacial score (nSPS) is 22.2. The van der Waals surface area contributed by atoms with E-state index in [0.29, 0.717) is 23.9 Å². The Balaban J connectivity index is 2.18. The minimum absolute atomic E-state index is 0.321. The quantitative estimate of drug-likeness (QED) is 0.904. The lowest BCUT2D eigenvalue weighted by molar-refractivity contribution is -0.0161. The molecule has 0 amide bonds. The molecule has 5 nitrogen and oxygen atoms in total. The third-order valence-corrected chi connectivity index (χ3v) is 3.98. The van der Waals surface area contributed by atoms with Crippen molar-refractivity contribution >= 4 is 11.4 Å². The molecule has 0 bridgehead atoms. The molecule has 0 aliphatic carbocycles. The third-order valence-electron chi connectivity index (χ3n) is 3.98. The number of rotatable bonds is 5. The van der Waals surface area contributed by atoms with Gasteiger partial charge >= 0.3 is 0 Å². The molecular formula is C16H27N3O2.